The first-order valence-electron chi connectivity index (χ1n) is 5.27. The van der Waals surface area contributed by atoms with Crippen molar-refractivity contribution in [3.05, 3.63) is 34.3 Å². The third-order valence-corrected chi connectivity index (χ3v) is 2.97. The Kier molecular flexibility index (Phi) is 7.68. The van der Waals surface area contributed by atoms with Crippen LogP contribution in [0.25, 0.3) is 0 Å². The minimum Gasteiger partial charge on any atom is -0.129 e. The summed E-state index contributed by atoms with van der Waals surface area (Å²) >= 11 is 1.83. The zero-order chi connectivity index (χ0) is 11.0. The highest BCUT2D eigenvalue weighted by Crippen LogP contribution is 2.25. The summed E-state index contributed by atoms with van der Waals surface area (Å²) in [5, 5.41) is 0. The van der Waals surface area contributed by atoms with E-state index in [1.807, 2.05) is 11.8 Å². The fourth-order valence-electron chi connectivity index (χ4n) is 1.39. The molecule has 0 bridgehead atoms. The Bertz CT molecular complexity index is 244. The number of allylic oxidation sites excluding steroid dienone is 5. The van der Waals surface area contributed by atoms with Gasteiger partial charge in [0, 0.05) is 4.91 Å². The van der Waals surface area contributed by atoms with Gasteiger partial charge in [0.15, 0.2) is 0 Å². The summed E-state index contributed by atoms with van der Waals surface area (Å²) in [6, 6.07) is 0. The van der Waals surface area contributed by atoms with Crippen LogP contribution in [0.5, 0.6) is 0 Å². The monoisotopic (exact) mass is 210 g/mol. The molecule has 0 heterocycles. The molecular formula is C13H22S. The average molecular weight is 210 g/mol. The maximum atomic E-state index is 2.28. The lowest BCUT2D eigenvalue weighted by atomic mass is 10.1. The van der Waals surface area contributed by atoms with E-state index in [1.165, 1.54) is 16.1 Å². The quantitative estimate of drug-likeness (QED) is 0.579. The zero-order valence-electron chi connectivity index (χ0n) is 10.1. The molecule has 0 saturated carbocycles. The standard InChI is InChI=1S/C13H22S/c1-6-9-11(4)10-13(14-5)12(7-2)8-3/h7,9-10H,6,8H2,1-5H3/b11-9-,12-7-,13-10+. The molecule has 0 aliphatic heterocycles. The summed E-state index contributed by atoms with van der Waals surface area (Å²) in [5.74, 6) is 0. The van der Waals surface area contributed by atoms with Crippen LogP contribution in [-0.2, 0) is 0 Å². The summed E-state index contributed by atoms with van der Waals surface area (Å²) < 4.78 is 0. The molecule has 0 aromatic carbocycles. The van der Waals surface area contributed by atoms with Crippen LogP contribution in [0, 0.1) is 0 Å². The van der Waals surface area contributed by atoms with Crippen molar-refractivity contribution >= 4 is 11.8 Å². The molecule has 0 rings (SSSR count). The van der Waals surface area contributed by atoms with Gasteiger partial charge in [-0.15, -0.1) is 11.8 Å². The predicted octanol–water partition coefficient (Wildman–Crippen LogP) is 4.95. The molecule has 0 aliphatic carbocycles. The van der Waals surface area contributed by atoms with Gasteiger partial charge in [-0.05, 0) is 44.6 Å². The van der Waals surface area contributed by atoms with Crippen molar-refractivity contribution in [3.63, 3.8) is 0 Å². The van der Waals surface area contributed by atoms with Crippen molar-refractivity contribution in [1.29, 1.82) is 0 Å². The highest BCUT2D eigenvalue weighted by molar-refractivity contribution is 8.02. The van der Waals surface area contributed by atoms with Gasteiger partial charge in [-0.1, -0.05) is 31.6 Å². The first kappa shape index (κ1) is 13.6. The van der Waals surface area contributed by atoms with Crippen LogP contribution in [0.2, 0.25) is 0 Å². The van der Waals surface area contributed by atoms with Crippen molar-refractivity contribution in [2.24, 2.45) is 0 Å². The summed E-state index contributed by atoms with van der Waals surface area (Å²) in [4.78, 5) is 1.40. The van der Waals surface area contributed by atoms with Crippen LogP contribution in [0.15, 0.2) is 34.3 Å². The zero-order valence-corrected chi connectivity index (χ0v) is 10.9. The second kappa shape index (κ2) is 7.93. The van der Waals surface area contributed by atoms with Crippen molar-refractivity contribution in [1.82, 2.24) is 0 Å². The second-order valence-electron chi connectivity index (χ2n) is 3.24. The molecule has 0 unspecified atom stereocenters. The molecule has 0 aromatic rings. The Morgan fingerprint density at radius 3 is 2.29 bits per heavy atom. The average Bonchev–Trinajstić information content (AvgIpc) is 2.18. The minimum atomic E-state index is 1.11. The van der Waals surface area contributed by atoms with Gasteiger partial charge in [0.05, 0.1) is 0 Å². The van der Waals surface area contributed by atoms with E-state index in [9.17, 15) is 0 Å². The molecule has 0 aromatic heterocycles. The first-order chi connectivity index (χ1) is 6.69. The summed E-state index contributed by atoms with van der Waals surface area (Å²) in [6.07, 6.45) is 11.1. The fourth-order valence-corrected chi connectivity index (χ4v) is 2.22. The Labute approximate surface area is 93.2 Å². The van der Waals surface area contributed by atoms with Gasteiger partial charge in [0.2, 0.25) is 0 Å². The Morgan fingerprint density at radius 1 is 1.29 bits per heavy atom. The van der Waals surface area contributed by atoms with Gasteiger partial charge in [0.1, 0.15) is 0 Å². The van der Waals surface area contributed by atoms with Crippen LogP contribution in [0.3, 0.4) is 0 Å². The van der Waals surface area contributed by atoms with Gasteiger partial charge in [-0.25, -0.2) is 0 Å². The molecule has 0 N–H and O–H groups in total. The van der Waals surface area contributed by atoms with Crippen LogP contribution in [0.1, 0.15) is 40.5 Å². The van der Waals surface area contributed by atoms with Gasteiger partial charge in [-0.3, -0.25) is 0 Å². The lowest BCUT2D eigenvalue weighted by Gasteiger charge is -2.07. The third kappa shape index (κ3) is 4.71. The first-order valence-corrected chi connectivity index (χ1v) is 6.50. The van der Waals surface area contributed by atoms with Crippen LogP contribution in [-0.4, -0.2) is 6.26 Å². The molecule has 0 amide bonds. The molecule has 0 fully saturated rings. The van der Waals surface area contributed by atoms with Gasteiger partial charge < -0.3 is 0 Å². The smallest absolute Gasteiger partial charge is 0.0100 e. The number of thioether (sulfide) groups is 1. The maximum Gasteiger partial charge on any atom is 0.0100 e. The highest BCUT2D eigenvalue weighted by Gasteiger charge is 2.00. The van der Waals surface area contributed by atoms with E-state index >= 15 is 0 Å². The van der Waals surface area contributed by atoms with Gasteiger partial charge in [0.25, 0.3) is 0 Å². The van der Waals surface area contributed by atoms with Crippen LogP contribution < -0.4 is 0 Å². The molecule has 0 saturated heterocycles. The molecule has 0 atom stereocenters. The fraction of sp³-hybridized carbons (Fsp3) is 0.538. The molecule has 1 heteroatoms. The van der Waals surface area contributed by atoms with E-state index < -0.39 is 0 Å². The van der Waals surface area contributed by atoms with E-state index in [0.717, 1.165) is 12.8 Å². The maximum absolute atomic E-state index is 2.28. The normalized spacial score (nSPS) is 14.8. The largest absolute Gasteiger partial charge is 0.129 e. The van der Waals surface area contributed by atoms with E-state index in [4.69, 9.17) is 0 Å². The molecule has 0 spiro atoms. The number of rotatable bonds is 5. The third-order valence-electron chi connectivity index (χ3n) is 2.15. The molecule has 0 radical (unpaired) electrons. The highest BCUT2D eigenvalue weighted by atomic mass is 32.2. The SMILES string of the molecule is C\C=C(CC)/C(=C\C(C)=C/CC)SC. The Morgan fingerprint density at radius 2 is 1.93 bits per heavy atom. The lowest BCUT2D eigenvalue weighted by Crippen LogP contribution is -1.84. The predicted molar refractivity (Wildman–Crippen MR) is 69.7 cm³/mol. The number of hydrogen-bond donors (Lipinski definition) is 0. The minimum absolute atomic E-state index is 1.11. The molecule has 14 heavy (non-hydrogen) atoms. The lowest BCUT2D eigenvalue weighted by molar-refractivity contribution is 1.13. The van der Waals surface area contributed by atoms with E-state index in [0.29, 0.717) is 0 Å². The Balaban J connectivity index is 4.79. The topological polar surface area (TPSA) is 0 Å². The van der Waals surface area contributed by atoms with Crippen LogP contribution in [0.4, 0.5) is 0 Å². The Hall–Kier alpha value is -0.430. The van der Waals surface area contributed by atoms with E-state index in [2.05, 4.69) is 52.2 Å². The summed E-state index contributed by atoms with van der Waals surface area (Å²) in [6.45, 7) is 8.66. The molecule has 0 aliphatic rings. The molecule has 80 valence electrons. The summed E-state index contributed by atoms with van der Waals surface area (Å²) in [7, 11) is 0. The van der Waals surface area contributed by atoms with Gasteiger partial charge >= 0.3 is 0 Å². The second-order valence-corrected chi connectivity index (χ2v) is 4.08. The van der Waals surface area contributed by atoms with Crippen molar-refractivity contribution in [2.45, 2.75) is 40.5 Å². The molecular weight excluding hydrogens is 188 g/mol. The van der Waals surface area contributed by atoms with Crippen molar-refractivity contribution in [3.8, 4) is 0 Å². The van der Waals surface area contributed by atoms with Crippen LogP contribution >= 0.6 is 11.8 Å². The molecule has 0 nitrogen and oxygen atoms in total. The number of hydrogen-bond acceptors (Lipinski definition) is 1. The van der Waals surface area contributed by atoms with Crippen molar-refractivity contribution in [2.75, 3.05) is 6.26 Å². The van der Waals surface area contributed by atoms with Gasteiger partial charge in [-0.2, -0.15) is 0 Å². The van der Waals surface area contributed by atoms with E-state index in [1.54, 1.807) is 0 Å². The summed E-state index contributed by atoms with van der Waals surface area (Å²) in [5.41, 5.74) is 2.81. The van der Waals surface area contributed by atoms with Crippen molar-refractivity contribution < 1.29 is 0 Å². The van der Waals surface area contributed by atoms with E-state index in [-0.39, 0.29) is 0 Å².